The van der Waals surface area contributed by atoms with Gasteiger partial charge in [-0.05, 0) is 37.8 Å². The van der Waals surface area contributed by atoms with Crippen LogP contribution < -0.4 is 4.74 Å². The van der Waals surface area contributed by atoms with E-state index in [4.69, 9.17) is 9.47 Å². The summed E-state index contributed by atoms with van der Waals surface area (Å²) in [6.45, 7) is 2.23. The average molecular weight is 286 g/mol. The van der Waals surface area contributed by atoms with Crippen molar-refractivity contribution in [1.29, 1.82) is 0 Å². The van der Waals surface area contributed by atoms with Crippen molar-refractivity contribution in [3.05, 3.63) is 29.8 Å². The predicted octanol–water partition coefficient (Wildman–Crippen LogP) is 2.61. The number of Topliss-reactive ketones (excluding diaryl/α,β-unsaturated/α-hetero) is 1. The molecule has 4 atom stereocenters. The first kappa shape index (κ1) is 12.9. The Balaban J connectivity index is 1.63. The van der Waals surface area contributed by atoms with Crippen LogP contribution in [0.4, 0.5) is 0 Å². The van der Waals surface area contributed by atoms with E-state index < -0.39 is 5.60 Å². The topological polar surface area (TPSA) is 52.6 Å². The molecule has 1 aromatic carbocycles. The lowest BCUT2D eigenvalue weighted by Gasteiger charge is -2.36. The summed E-state index contributed by atoms with van der Waals surface area (Å²) in [5.74, 6) is 1.09. The Morgan fingerprint density at radius 1 is 1.43 bits per heavy atom. The van der Waals surface area contributed by atoms with Crippen LogP contribution in [0.2, 0.25) is 0 Å². The fourth-order valence-corrected chi connectivity index (χ4v) is 4.32. The SMILES string of the molecule is CCOC(=O)[C@H]1[C@H]2CC[C@@]3(CC(=O)c4ccccc4O3)[C@@H]21. The van der Waals surface area contributed by atoms with Crippen LogP contribution in [0.5, 0.6) is 5.75 Å². The number of ether oxygens (including phenoxy) is 2. The molecule has 0 amide bonds. The number of hydrogen-bond acceptors (Lipinski definition) is 4. The second-order valence-electron chi connectivity index (χ2n) is 6.27. The maximum Gasteiger partial charge on any atom is 0.309 e. The zero-order valence-corrected chi connectivity index (χ0v) is 12.0. The molecular weight excluding hydrogens is 268 g/mol. The molecule has 0 saturated heterocycles. The number of benzene rings is 1. The molecule has 0 aromatic heterocycles. The van der Waals surface area contributed by atoms with Gasteiger partial charge in [0.2, 0.25) is 0 Å². The van der Waals surface area contributed by atoms with Crippen molar-refractivity contribution >= 4 is 11.8 Å². The molecule has 0 unspecified atom stereocenters. The lowest BCUT2D eigenvalue weighted by Crippen LogP contribution is -2.43. The van der Waals surface area contributed by atoms with Crippen LogP contribution in [0.3, 0.4) is 0 Å². The van der Waals surface area contributed by atoms with Crippen molar-refractivity contribution in [3.8, 4) is 5.75 Å². The minimum absolute atomic E-state index is 0.0724. The molecule has 110 valence electrons. The highest BCUT2D eigenvalue weighted by Gasteiger charge is 2.71. The van der Waals surface area contributed by atoms with E-state index in [0.29, 0.717) is 30.3 Å². The number of hydrogen-bond donors (Lipinski definition) is 0. The summed E-state index contributed by atoms with van der Waals surface area (Å²) >= 11 is 0. The molecule has 0 radical (unpaired) electrons. The van der Waals surface area contributed by atoms with Crippen LogP contribution in [-0.2, 0) is 9.53 Å². The monoisotopic (exact) mass is 286 g/mol. The summed E-state index contributed by atoms with van der Waals surface area (Å²) in [6, 6.07) is 7.40. The van der Waals surface area contributed by atoms with Crippen LogP contribution in [0.1, 0.15) is 36.5 Å². The average Bonchev–Trinajstić information content (AvgIpc) is 3.12. The third-order valence-electron chi connectivity index (χ3n) is 5.20. The van der Waals surface area contributed by atoms with Gasteiger partial charge >= 0.3 is 5.97 Å². The Labute approximate surface area is 123 Å². The van der Waals surface area contributed by atoms with Gasteiger partial charge in [0.25, 0.3) is 0 Å². The number of esters is 1. The Hall–Kier alpha value is -1.84. The molecule has 4 nitrogen and oxygen atoms in total. The van der Waals surface area contributed by atoms with Crippen molar-refractivity contribution in [1.82, 2.24) is 0 Å². The normalized spacial score (nSPS) is 35.9. The molecule has 2 saturated carbocycles. The van der Waals surface area contributed by atoms with E-state index in [-0.39, 0.29) is 23.6 Å². The molecule has 4 heteroatoms. The molecule has 1 spiro atoms. The molecule has 1 aliphatic heterocycles. The minimum atomic E-state index is -0.479. The summed E-state index contributed by atoms with van der Waals surface area (Å²) < 4.78 is 11.4. The molecule has 2 fully saturated rings. The van der Waals surface area contributed by atoms with E-state index in [1.54, 1.807) is 0 Å². The van der Waals surface area contributed by atoms with Crippen molar-refractivity contribution in [2.24, 2.45) is 17.8 Å². The molecule has 0 bridgehead atoms. The second-order valence-corrected chi connectivity index (χ2v) is 6.27. The van der Waals surface area contributed by atoms with E-state index in [9.17, 15) is 9.59 Å². The van der Waals surface area contributed by atoms with Gasteiger partial charge in [-0.25, -0.2) is 0 Å². The van der Waals surface area contributed by atoms with E-state index >= 15 is 0 Å². The van der Waals surface area contributed by atoms with Gasteiger partial charge in [0.15, 0.2) is 5.78 Å². The van der Waals surface area contributed by atoms with Gasteiger partial charge in [-0.2, -0.15) is 0 Å². The first-order valence-corrected chi connectivity index (χ1v) is 7.64. The van der Waals surface area contributed by atoms with Crippen LogP contribution in [0.15, 0.2) is 24.3 Å². The summed E-state index contributed by atoms with van der Waals surface area (Å²) in [7, 11) is 0. The maximum absolute atomic E-state index is 12.4. The third-order valence-corrected chi connectivity index (χ3v) is 5.20. The molecule has 21 heavy (non-hydrogen) atoms. The summed E-state index contributed by atoms with van der Waals surface area (Å²) in [4.78, 5) is 24.4. The number of carbonyl (C=O) groups is 2. The molecule has 4 rings (SSSR count). The van der Waals surface area contributed by atoms with E-state index in [0.717, 1.165) is 12.8 Å². The van der Waals surface area contributed by atoms with Crippen LogP contribution >= 0.6 is 0 Å². The van der Waals surface area contributed by atoms with Crippen LogP contribution in [0.25, 0.3) is 0 Å². The summed E-state index contributed by atoms with van der Waals surface area (Å²) in [5.41, 5.74) is 0.188. The van der Waals surface area contributed by atoms with Gasteiger partial charge < -0.3 is 9.47 Å². The van der Waals surface area contributed by atoms with E-state index in [1.165, 1.54) is 0 Å². The number of fused-ring (bicyclic) bond motifs is 3. The largest absolute Gasteiger partial charge is 0.486 e. The number of rotatable bonds is 2. The van der Waals surface area contributed by atoms with Gasteiger partial charge in [0.1, 0.15) is 11.4 Å². The fourth-order valence-electron chi connectivity index (χ4n) is 4.32. The fraction of sp³-hybridized carbons (Fsp3) is 0.529. The predicted molar refractivity (Wildman–Crippen MR) is 75.1 cm³/mol. The maximum atomic E-state index is 12.4. The Kier molecular flexibility index (Phi) is 2.65. The second kappa shape index (κ2) is 4.33. The van der Waals surface area contributed by atoms with Gasteiger partial charge in [0, 0.05) is 5.92 Å². The highest BCUT2D eigenvalue weighted by molar-refractivity contribution is 6.00. The Morgan fingerprint density at radius 3 is 3.05 bits per heavy atom. The van der Waals surface area contributed by atoms with Gasteiger partial charge in [0.05, 0.1) is 24.5 Å². The first-order valence-electron chi connectivity index (χ1n) is 7.64. The minimum Gasteiger partial charge on any atom is -0.486 e. The zero-order valence-electron chi connectivity index (χ0n) is 12.0. The summed E-state index contributed by atoms with van der Waals surface area (Å²) in [5, 5.41) is 0. The van der Waals surface area contributed by atoms with E-state index in [2.05, 4.69) is 0 Å². The van der Waals surface area contributed by atoms with Crippen LogP contribution in [0, 0.1) is 17.8 Å². The van der Waals surface area contributed by atoms with Crippen molar-refractivity contribution in [3.63, 3.8) is 0 Å². The summed E-state index contributed by atoms with van der Waals surface area (Å²) in [6.07, 6.45) is 2.20. The lowest BCUT2D eigenvalue weighted by molar-refractivity contribution is -0.146. The number of ketones is 1. The van der Waals surface area contributed by atoms with Crippen LogP contribution in [-0.4, -0.2) is 24.0 Å². The smallest absolute Gasteiger partial charge is 0.309 e. The van der Waals surface area contributed by atoms with Crippen molar-refractivity contribution in [2.75, 3.05) is 6.61 Å². The van der Waals surface area contributed by atoms with Gasteiger partial charge in [-0.3, -0.25) is 9.59 Å². The Morgan fingerprint density at radius 2 is 2.24 bits per heavy atom. The highest BCUT2D eigenvalue weighted by atomic mass is 16.5. The van der Waals surface area contributed by atoms with Gasteiger partial charge in [-0.15, -0.1) is 0 Å². The molecule has 1 aromatic rings. The molecular formula is C17H18O4. The first-order chi connectivity index (χ1) is 10.2. The number of carbonyl (C=O) groups excluding carboxylic acids is 2. The Bertz CT molecular complexity index is 623. The quantitative estimate of drug-likeness (QED) is 0.784. The molecule has 0 N–H and O–H groups in total. The highest BCUT2D eigenvalue weighted by Crippen LogP contribution is 2.65. The molecule has 3 aliphatic rings. The number of para-hydroxylation sites is 1. The van der Waals surface area contributed by atoms with Crippen molar-refractivity contribution < 1.29 is 19.1 Å². The standard InChI is InChI=1S/C17H18O4/c1-2-20-16(19)14-11-7-8-17(15(11)14)9-12(18)10-5-3-4-6-13(10)21-17/h3-6,11,14-15H,2,7-9H2,1H3/t11-,14+,15+,17-/m1/s1. The zero-order chi connectivity index (χ0) is 14.6. The van der Waals surface area contributed by atoms with Gasteiger partial charge in [-0.1, -0.05) is 12.1 Å². The van der Waals surface area contributed by atoms with E-state index in [1.807, 2.05) is 31.2 Å². The molecule has 2 aliphatic carbocycles. The third kappa shape index (κ3) is 1.74. The molecule has 1 heterocycles. The lowest BCUT2D eigenvalue weighted by atomic mass is 9.84. The van der Waals surface area contributed by atoms with Crippen molar-refractivity contribution in [2.45, 2.75) is 31.8 Å².